The fraction of sp³-hybridized carbons (Fsp3) is 0.118. The van der Waals surface area contributed by atoms with Crippen molar-refractivity contribution in [2.45, 2.75) is 6.92 Å². The van der Waals surface area contributed by atoms with Crippen molar-refractivity contribution in [3.05, 3.63) is 64.6 Å². The van der Waals surface area contributed by atoms with Crippen molar-refractivity contribution < 1.29 is 58.2 Å². The van der Waals surface area contributed by atoms with Crippen molar-refractivity contribution >= 4 is 23.3 Å². The molecule has 0 bridgehead atoms. The van der Waals surface area contributed by atoms with Gasteiger partial charge in [-0.1, -0.05) is 30.0 Å². The Labute approximate surface area is 159 Å². The number of benzene rings is 1. The first kappa shape index (κ1) is 18.2. The molecule has 1 aliphatic rings. The van der Waals surface area contributed by atoms with Crippen LogP contribution < -0.4 is 34.7 Å². The van der Waals surface area contributed by atoms with Crippen molar-refractivity contribution in [2.75, 3.05) is 6.61 Å². The monoisotopic (exact) mass is 334 g/mol. The van der Waals surface area contributed by atoms with E-state index in [1.807, 2.05) is 0 Å². The molecule has 0 amide bonds. The van der Waals surface area contributed by atoms with Crippen LogP contribution in [0.2, 0.25) is 0 Å². The number of esters is 1. The molecule has 1 aliphatic carbocycles. The molecular weight excluding hydrogens is 323 g/mol. The maximum atomic E-state index is 12.4. The number of hydrogen-bond donors (Lipinski definition) is 0. The predicted molar refractivity (Wildman–Crippen MR) is 76.6 cm³/mol. The van der Waals surface area contributed by atoms with Crippen molar-refractivity contribution in [3.8, 4) is 0 Å². The number of carbonyl (C=O) groups excluding carboxylic acids is 3. The number of hydrogen-bond acceptors (Lipinski definition) is 6. The summed E-state index contributed by atoms with van der Waals surface area (Å²) in [6, 6.07) is 7.53. The van der Waals surface area contributed by atoms with Crippen LogP contribution in [0.5, 0.6) is 0 Å². The molecule has 0 radical (unpaired) electrons. The molecule has 0 atom stereocenters. The number of fused-ring (bicyclic) bond motifs is 2. The van der Waals surface area contributed by atoms with Crippen LogP contribution in [-0.2, 0) is 9.53 Å². The molecule has 3 rings (SSSR count). The minimum atomic E-state index is -0.812. The summed E-state index contributed by atoms with van der Waals surface area (Å²) in [6.45, 7) is 1.74. The van der Waals surface area contributed by atoms with Gasteiger partial charge in [0.05, 0.1) is 12.2 Å². The second-order valence-corrected chi connectivity index (χ2v) is 4.82. The Balaban J connectivity index is 0.00000208. The van der Waals surface area contributed by atoms with E-state index in [-0.39, 0.29) is 64.4 Å². The molecule has 0 spiro atoms. The van der Waals surface area contributed by atoms with Crippen molar-refractivity contribution in [1.82, 2.24) is 0 Å². The Hall–Kier alpha value is -2.15. The van der Waals surface area contributed by atoms with Gasteiger partial charge in [0.1, 0.15) is 5.76 Å². The van der Waals surface area contributed by atoms with E-state index in [9.17, 15) is 19.5 Å². The Kier molecular flexibility index (Phi) is 5.43. The van der Waals surface area contributed by atoms with Gasteiger partial charge in [-0.15, -0.1) is 0 Å². The molecule has 0 aliphatic heterocycles. The van der Waals surface area contributed by atoms with E-state index in [4.69, 9.17) is 4.42 Å². The Morgan fingerprint density at radius 1 is 1.17 bits per heavy atom. The molecule has 6 nitrogen and oxygen atoms in total. The zero-order valence-corrected chi connectivity index (χ0v) is 15.1. The number of carbonyl (C=O) groups is 3. The van der Waals surface area contributed by atoms with Gasteiger partial charge in [0.25, 0.3) is 0 Å². The van der Waals surface area contributed by atoms with Gasteiger partial charge in [0.2, 0.25) is 5.78 Å². The molecular formula is C17H11NaO6. The van der Waals surface area contributed by atoms with E-state index < -0.39 is 23.3 Å². The van der Waals surface area contributed by atoms with E-state index in [2.05, 4.69) is 4.74 Å². The van der Waals surface area contributed by atoms with Crippen LogP contribution in [-0.4, -0.2) is 24.1 Å². The molecule has 24 heavy (non-hydrogen) atoms. The topological polar surface area (TPSA) is 96.6 Å². The number of furan rings is 1. The third kappa shape index (κ3) is 3.08. The van der Waals surface area contributed by atoms with Crippen LogP contribution in [0, 0.1) is 0 Å². The minimum Gasteiger partial charge on any atom is -0.870 e. The van der Waals surface area contributed by atoms with Crippen molar-refractivity contribution in [2.24, 2.45) is 0 Å². The summed E-state index contributed by atoms with van der Waals surface area (Å²) < 4.78 is 9.87. The SMILES string of the molecule is CCOC(=O)/C=C(\[O-])c1cc2c(o1)C(=O)c1ccccc1C2=O.[Na+]. The molecule has 1 aromatic carbocycles. The first-order valence-corrected chi connectivity index (χ1v) is 6.91. The largest absolute Gasteiger partial charge is 1.00 e. The molecule has 0 fully saturated rings. The minimum absolute atomic E-state index is 0. The summed E-state index contributed by atoms with van der Waals surface area (Å²) in [6.07, 6.45) is 0.718. The Morgan fingerprint density at radius 2 is 1.79 bits per heavy atom. The van der Waals surface area contributed by atoms with Crippen LogP contribution in [0.1, 0.15) is 44.7 Å². The second-order valence-electron chi connectivity index (χ2n) is 4.82. The second kappa shape index (κ2) is 7.17. The first-order chi connectivity index (χ1) is 11.0. The standard InChI is InChI=1S/C17H12O6.Na/c1-2-22-14(19)8-12(18)13-7-11-15(20)9-5-3-4-6-10(9)16(21)17(11)23-13;/h3-8,18H,2H2,1H3;/q;+1/p-1/b12-8-;. The van der Waals surface area contributed by atoms with Gasteiger partial charge >= 0.3 is 35.5 Å². The molecule has 1 heterocycles. The van der Waals surface area contributed by atoms with E-state index in [0.29, 0.717) is 0 Å². The van der Waals surface area contributed by atoms with Crippen molar-refractivity contribution in [1.29, 1.82) is 0 Å². The molecule has 0 saturated carbocycles. The summed E-state index contributed by atoms with van der Waals surface area (Å²) in [7, 11) is 0. The molecule has 1 aromatic heterocycles. The van der Waals surface area contributed by atoms with Crippen LogP contribution in [0.4, 0.5) is 0 Å². The fourth-order valence-electron chi connectivity index (χ4n) is 2.36. The van der Waals surface area contributed by atoms with Gasteiger partial charge in [0, 0.05) is 17.2 Å². The quantitative estimate of drug-likeness (QED) is 0.246. The van der Waals surface area contributed by atoms with Gasteiger partial charge in [-0.3, -0.25) is 9.59 Å². The van der Waals surface area contributed by atoms with Gasteiger partial charge in [0.15, 0.2) is 11.5 Å². The van der Waals surface area contributed by atoms with Crippen molar-refractivity contribution in [3.63, 3.8) is 0 Å². The summed E-state index contributed by atoms with van der Waals surface area (Å²) in [5.41, 5.74) is 0.515. The maximum Gasteiger partial charge on any atom is 1.00 e. The zero-order chi connectivity index (χ0) is 16.6. The predicted octanol–water partition coefficient (Wildman–Crippen LogP) is -1.68. The van der Waals surface area contributed by atoms with Crippen LogP contribution >= 0.6 is 0 Å². The van der Waals surface area contributed by atoms with E-state index in [1.54, 1.807) is 19.1 Å². The molecule has 2 aromatic rings. The van der Waals surface area contributed by atoms with Gasteiger partial charge < -0.3 is 14.3 Å². The van der Waals surface area contributed by atoms with Crippen LogP contribution in [0.3, 0.4) is 0 Å². The molecule has 0 N–H and O–H groups in total. The maximum absolute atomic E-state index is 12.4. The summed E-state index contributed by atoms with van der Waals surface area (Å²) >= 11 is 0. The number of ketones is 2. The number of ether oxygens (including phenoxy) is 1. The average molecular weight is 334 g/mol. The molecule has 7 heteroatoms. The fourth-order valence-corrected chi connectivity index (χ4v) is 2.36. The molecule has 0 unspecified atom stereocenters. The summed E-state index contributed by atoms with van der Waals surface area (Å²) in [5.74, 6) is -2.87. The molecule has 0 saturated heterocycles. The van der Waals surface area contributed by atoms with E-state index >= 15 is 0 Å². The third-order valence-corrected chi connectivity index (χ3v) is 3.38. The van der Waals surface area contributed by atoms with Crippen LogP contribution in [0.15, 0.2) is 40.8 Å². The number of rotatable bonds is 3. The van der Waals surface area contributed by atoms with Gasteiger partial charge in [-0.2, -0.15) is 0 Å². The van der Waals surface area contributed by atoms with E-state index in [0.717, 1.165) is 6.08 Å². The van der Waals surface area contributed by atoms with Gasteiger partial charge in [-0.05, 0) is 13.0 Å². The third-order valence-electron chi connectivity index (χ3n) is 3.38. The summed E-state index contributed by atoms with van der Waals surface area (Å²) in [5, 5.41) is 12.0. The average Bonchev–Trinajstić information content (AvgIpc) is 2.99. The smallest absolute Gasteiger partial charge is 0.870 e. The normalized spacial score (nSPS) is 13.0. The Bertz CT molecular complexity index is 809. The first-order valence-electron chi connectivity index (χ1n) is 6.91. The van der Waals surface area contributed by atoms with E-state index in [1.165, 1.54) is 18.2 Å². The zero-order valence-electron chi connectivity index (χ0n) is 13.1. The molecule has 116 valence electrons. The van der Waals surface area contributed by atoms with Gasteiger partial charge in [-0.25, -0.2) is 4.79 Å². The van der Waals surface area contributed by atoms with Crippen LogP contribution in [0.25, 0.3) is 5.76 Å². The Morgan fingerprint density at radius 3 is 2.42 bits per heavy atom. The summed E-state index contributed by atoms with van der Waals surface area (Å²) in [4.78, 5) is 36.0.